The van der Waals surface area contributed by atoms with E-state index in [-0.39, 0.29) is 5.69 Å². The number of ether oxygens (including phenoxy) is 1. The lowest BCUT2D eigenvalue weighted by Gasteiger charge is -1.90. The molecular formula is C7H8N2O3. The van der Waals surface area contributed by atoms with Crippen molar-refractivity contribution in [2.24, 2.45) is 7.05 Å². The third kappa shape index (κ3) is 1.34. The zero-order valence-corrected chi connectivity index (χ0v) is 6.77. The van der Waals surface area contributed by atoms with E-state index in [1.807, 2.05) is 0 Å². The maximum Gasteiger partial charge on any atom is 0.358 e. The van der Waals surface area contributed by atoms with Gasteiger partial charge in [0.1, 0.15) is 5.69 Å². The van der Waals surface area contributed by atoms with Crippen LogP contribution in [-0.4, -0.2) is 29.1 Å². The van der Waals surface area contributed by atoms with Crippen molar-refractivity contribution >= 4 is 12.3 Å². The highest BCUT2D eigenvalue weighted by molar-refractivity contribution is 5.89. The van der Waals surface area contributed by atoms with Gasteiger partial charge in [-0.1, -0.05) is 0 Å². The summed E-state index contributed by atoms with van der Waals surface area (Å²) >= 11 is 0. The molecule has 0 fully saturated rings. The second-order valence-corrected chi connectivity index (χ2v) is 2.19. The Labute approximate surface area is 68.9 Å². The van der Waals surface area contributed by atoms with Gasteiger partial charge in [0.2, 0.25) is 0 Å². The maximum atomic E-state index is 10.9. The Morgan fingerprint density at radius 3 is 2.83 bits per heavy atom. The molecule has 0 saturated carbocycles. The number of carbonyl (C=O) groups excluding carboxylic acids is 2. The lowest BCUT2D eigenvalue weighted by atomic mass is 10.4. The number of esters is 1. The van der Waals surface area contributed by atoms with Crippen molar-refractivity contribution in [1.29, 1.82) is 0 Å². The molecule has 0 bridgehead atoms. The quantitative estimate of drug-likeness (QED) is 0.461. The second-order valence-electron chi connectivity index (χ2n) is 2.19. The van der Waals surface area contributed by atoms with Crippen molar-refractivity contribution in [3.05, 3.63) is 17.5 Å². The molecule has 0 spiro atoms. The molecule has 0 saturated heterocycles. The number of nitrogens with zero attached hydrogens (tertiary/aromatic N) is 2. The largest absolute Gasteiger partial charge is 0.464 e. The van der Waals surface area contributed by atoms with Crippen LogP contribution in [0.15, 0.2) is 6.07 Å². The molecule has 1 aromatic rings. The highest BCUT2D eigenvalue weighted by atomic mass is 16.5. The van der Waals surface area contributed by atoms with Crippen LogP contribution >= 0.6 is 0 Å². The molecule has 0 aliphatic rings. The average Bonchev–Trinajstić information content (AvgIpc) is 2.45. The second kappa shape index (κ2) is 3.17. The van der Waals surface area contributed by atoms with Gasteiger partial charge in [-0.2, -0.15) is 5.10 Å². The third-order valence-corrected chi connectivity index (χ3v) is 1.43. The highest BCUT2D eigenvalue weighted by Gasteiger charge is 2.11. The predicted octanol–water partition coefficient (Wildman–Crippen LogP) is 0.0192. The minimum atomic E-state index is -0.543. The summed E-state index contributed by atoms with van der Waals surface area (Å²) in [5.41, 5.74) is 0.484. The SMILES string of the molecule is COC(=O)c1cc(C=O)n(C)n1. The third-order valence-electron chi connectivity index (χ3n) is 1.43. The zero-order chi connectivity index (χ0) is 9.14. The predicted molar refractivity (Wildman–Crippen MR) is 39.9 cm³/mol. The van der Waals surface area contributed by atoms with Gasteiger partial charge >= 0.3 is 5.97 Å². The van der Waals surface area contributed by atoms with Gasteiger partial charge in [-0.15, -0.1) is 0 Å². The number of rotatable bonds is 2. The van der Waals surface area contributed by atoms with Gasteiger partial charge in [0.25, 0.3) is 0 Å². The van der Waals surface area contributed by atoms with Crippen molar-refractivity contribution in [2.75, 3.05) is 7.11 Å². The molecule has 0 unspecified atom stereocenters. The molecule has 0 aliphatic heterocycles. The van der Waals surface area contributed by atoms with Gasteiger partial charge in [-0.3, -0.25) is 9.48 Å². The van der Waals surface area contributed by atoms with Crippen LogP contribution in [0.5, 0.6) is 0 Å². The van der Waals surface area contributed by atoms with Crippen LogP contribution in [0.3, 0.4) is 0 Å². The molecule has 0 amide bonds. The van der Waals surface area contributed by atoms with E-state index in [9.17, 15) is 9.59 Å². The molecular weight excluding hydrogens is 160 g/mol. The number of aldehydes is 1. The van der Waals surface area contributed by atoms with E-state index in [0.29, 0.717) is 12.0 Å². The number of carbonyl (C=O) groups is 2. The van der Waals surface area contributed by atoms with Crippen molar-refractivity contribution in [3.63, 3.8) is 0 Å². The van der Waals surface area contributed by atoms with Crippen molar-refractivity contribution < 1.29 is 14.3 Å². The van der Waals surface area contributed by atoms with Gasteiger partial charge in [0, 0.05) is 13.1 Å². The topological polar surface area (TPSA) is 61.2 Å². The first-order valence-electron chi connectivity index (χ1n) is 3.26. The molecule has 1 aromatic heterocycles. The Balaban J connectivity index is 3.04. The van der Waals surface area contributed by atoms with Gasteiger partial charge in [0.15, 0.2) is 12.0 Å². The monoisotopic (exact) mass is 168 g/mol. The Hall–Kier alpha value is -1.65. The lowest BCUT2D eigenvalue weighted by Crippen LogP contribution is -2.03. The summed E-state index contributed by atoms with van der Waals surface area (Å²) in [6.45, 7) is 0. The van der Waals surface area contributed by atoms with Gasteiger partial charge in [-0.05, 0) is 0 Å². The summed E-state index contributed by atoms with van der Waals surface area (Å²) < 4.78 is 5.74. The van der Waals surface area contributed by atoms with Crippen LogP contribution in [0.1, 0.15) is 21.0 Å². The van der Waals surface area contributed by atoms with E-state index in [4.69, 9.17) is 0 Å². The van der Waals surface area contributed by atoms with Crippen LogP contribution in [-0.2, 0) is 11.8 Å². The zero-order valence-electron chi connectivity index (χ0n) is 6.77. The van der Waals surface area contributed by atoms with Crippen molar-refractivity contribution in [2.45, 2.75) is 0 Å². The Morgan fingerprint density at radius 2 is 2.42 bits per heavy atom. The number of methoxy groups -OCH3 is 1. The molecule has 1 rings (SSSR count). The van der Waals surface area contributed by atoms with Crippen molar-refractivity contribution in [3.8, 4) is 0 Å². The minimum absolute atomic E-state index is 0.141. The number of aryl methyl sites for hydroxylation is 1. The van der Waals surface area contributed by atoms with Gasteiger partial charge < -0.3 is 4.74 Å². The molecule has 0 N–H and O–H groups in total. The Morgan fingerprint density at radius 1 is 1.75 bits per heavy atom. The molecule has 0 radical (unpaired) electrons. The Kier molecular flexibility index (Phi) is 2.23. The van der Waals surface area contributed by atoms with E-state index in [2.05, 4.69) is 9.84 Å². The first kappa shape index (κ1) is 8.45. The summed E-state index contributed by atoms with van der Waals surface area (Å²) in [6, 6.07) is 1.37. The maximum absolute atomic E-state index is 10.9. The molecule has 12 heavy (non-hydrogen) atoms. The van der Waals surface area contributed by atoms with Crippen LogP contribution < -0.4 is 0 Å². The van der Waals surface area contributed by atoms with Gasteiger partial charge in [-0.25, -0.2) is 4.79 Å². The number of aromatic nitrogens is 2. The number of hydrogen-bond donors (Lipinski definition) is 0. The standard InChI is InChI=1S/C7H8N2O3/c1-9-5(4-10)3-6(8-9)7(11)12-2/h3-4H,1-2H3. The van der Waals surface area contributed by atoms with E-state index in [1.165, 1.54) is 17.9 Å². The first-order chi connectivity index (χ1) is 5.69. The van der Waals surface area contributed by atoms with E-state index < -0.39 is 5.97 Å². The van der Waals surface area contributed by atoms with E-state index >= 15 is 0 Å². The van der Waals surface area contributed by atoms with Gasteiger partial charge in [0.05, 0.1) is 7.11 Å². The molecule has 64 valence electrons. The summed E-state index contributed by atoms with van der Waals surface area (Å²) in [4.78, 5) is 21.2. The summed E-state index contributed by atoms with van der Waals surface area (Å²) in [7, 11) is 2.84. The normalized spacial score (nSPS) is 9.50. The van der Waals surface area contributed by atoms with E-state index in [1.54, 1.807) is 7.05 Å². The average molecular weight is 168 g/mol. The lowest BCUT2D eigenvalue weighted by molar-refractivity contribution is 0.0593. The fourth-order valence-electron chi connectivity index (χ4n) is 0.796. The molecule has 0 aromatic carbocycles. The smallest absolute Gasteiger partial charge is 0.358 e. The molecule has 0 atom stereocenters. The fourth-order valence-corrected chi connectivity index (χ4v) is 0.796. The molecule has 5 nitrogen and oxygen atoms in total. The molecule has 1 heterocycles. The highest BCUT2D eigenvalue weighted by Crippen LogP contribution is 2.01. The van der Waals surface area contributed by atoms with Crippen LogP contribution in [0.4, 0.5) is 0 Å². The summed E-state index contributed by atoms with van der Waals surface area (Å²) in [5.74, 6) is -0.543. The minimum Gasteiger partial charge on any atom is -0.464 e. The fraction of sp³-hybridized carbons (Fsp3) is 0.286. The van der Waals surface area contributed by atoms with Crippen LogP contribution in [0.2, 0.25) is 0 Å². The Bertz CT molecular complexity index is 316. The molecule has 5 heteroatoms. The molecule has 0 aliphatic carbocycles. The first-order valence-corrected chi connectivity index (χ1v) is 3.26. The summed E-state index contributed by atoms with van der Waals surface area (Å²) in [5, 5.41) is 3.76. The summed E-state index contributed by atoms with van der Waals surface area (Å²) in [6.07, 6.45) is 0.624. The van der Waals surface area contributed by atoms with E-state index in [0.717, 1.165) is 0 Å². The number of hydrogen-bond acceptors (Lipinski definition) is 4. The van der Waals surface area contributed by atoms with Crippen LogP contribution in [0, 0.1) is 0 Å². The van der Waals surface area contributed by atoms with Crippen LogP contribution in [0.25, 0.3) is 0 Å². The van der Waals surface area contributed by atoms with Crippen molar-refractivity contribution in [1.82, 2.24) is 9.78 Å².